The first-order valence-corrected chi connectivity index (χ1v) is 18.5. The van der Waals surface area contributed by atoms with Gasteiger partial charge in [-0.15, -0.1) is 0 Å². The third-order valence-electron chi connectivity index (χ3n) is 10.6. The molecule has 8 rings (SSSR count). The molecule has 2 N–H and O–H groups in total. The number of aliphatic hydroxyl groups is 2. The molecule has 0 aromatic heterocycles. The van der Waals surface area contributed by atoms with E-state index in [1.54, 1.807) is 0 Å². The van der Waals surface area contributed by atoms with Crippen molar-refractivity contribution in [2.24, 2.45) is 5.92 Å². The van der Waals surface area contributed by atoms with Gasteiger partial charge in [-0.2, -0.15) is 0 Å². The van der Waals surface area contributed by atoms with Crippen molar-refractivity contribution in [1.82, 2.24) is 0 Å². The topological polar surface area (TPSA) is 43.7 Å². The fraction of sp³-hybridized carbons (Fsp3) is 0.160. The molecule has 2 aliphatic carbocycles. The Balaban J connectivity index is 1.23. The van der Waals surface area contributed by atoms with Crippen molar-refractivity contribution in [1.29, 1.82) is 0 Å². The minimum absolute atomic E-state index is 0.303. The summed E-state index contributed by atoms with van der Waals surface area (Å²) in [5.41, 5.74) is 10.9. The molecule has 1 unspecified atom stereocenters. The van der Waals surface area contributed by atoms with Crippen LogP contribution in [0, 0.1) is 5.92 Å². The highest BCUT2D eigenvalue weighted by atomic mass is 16.3. The normalized spacial score (nSPS) is 15.7. The van der Waals surface area contributed by atoms with E-state index in [1.165, 1.54) is 11.1 Å². The summed E-state index contributed by atoms with van der Waals surface area (Å²) in [5, 5.41) is 24.8. The van der Waals surface area contributed by atoms with Crippen LogP contribution in [0.5, 0.6) is 0 Å². The van der Waals surface area contributed by atoms with Gasteiger partial charge in [0.05, 0.1) is 11.2 Å². The van der Waals surface area contributed by atoms with E-state index in [4.69, 9.17) is 0 Å². The SMILES string of the molecule is CC(C)(O)C1=CCC2C=CC=CC2=C1c1ccc(N(c2ccc(-c3ccccc3)cc2)c2ccc(-c3c(C(C)(C)O)ccc4ccccc34)cc2)cc1. The monoisotopic (exact) mass is 691 g/mol. The van der Waals surface area contributed by atoms with Crippen molar-refractivity contribution in [3.8, 4) is 22.3 Å². The van der Waals surface area contributed by atoms with Gasteiger partial charge in [0.25, 0.3) is 0 Å². The van der Waals surface area contributed by atoms with E-state index in [-0.39, 0.29) is 0 Å². The minimum atomic E-state index is -1.01. The molecule has 0 bridgehead atoms. The fourth-order valence-corrected chi connectivity index (χ4v) is 7.97. The van der Waals surface area contributed by atoms with E-state index in [0.717, 1.165) is 73.2 Å². The van der Waals surface area contributed by atoms with E-state index in [9.17, 15) is 10.2 Å². The maximum Gasteiger partial charge on any atom is 0.0846 e. The van der Waals surface area contributed by atoms with Crippen LogP contribution in [0.25, 0.3) is 38.6 Å². The molecule has 6 aromatic rings. The summed E-state index contributed by atoms with van der Waals surface area (Å²) in [4.78, 5) is 2.29. The summed E-state index contributed by atoms with van der Waals surface area (Å²) in [7, 11) is 0. The van der Waals surface area contributed by atoms with Gasteiger partial charge in [-0.1, -0.05) is 134 Å². The van der Waals surface area contributed by atoms with Crippen molar-refractivity contribution in [3.63, 3.8) is 0 Å². The molecule has 3 heteroatoms. The lowest BCUT2D eigenvalue weighted by Gasteiger charge is -2.33. The van der Waals surface area contributed by atoms with Gasteiger partial charge in [0, 0.05) is 23.0 Å². The molecule has 0 spiro atoms. The van der Waals surface area contributed by atoms with Crippen molar-refractivity contribution >= 4 is 33.4 Å². The average molecular weight is 692 g/mol. The lowest BCUT2D eigenvalue weighted by Crippen LogP contribution is -2.26. The number of benzene rings is 6. The van der Waals surface area contributed by atoms with E-state index < -0.39 is 11.2 Å². The Kier molecular flexibility index (Phi) is 8.86. The fourth-order valence-electron chi connectivity index (χ4n) is 7.97. The lowest BCUT2D eigenvalue weighted by molar-refractivity contribution is 0.0793. The molecule has 0 heterocycles. The smallest absolute Gasteiger partial charge is 0.0846 e. The van der Waals surface area contributed by atoms with E-state index >= 15 is 0 Å². The molecule has 53 heavy (non-hydrogen) atoms. The van der Waals surface area contributed by atoms with Crippen LogP contribution in [0.2, 0.25) is 0 Å². The summed E-state index contributed by atoms with van der Waals surface area (Å²) in [6, 6.07) is 49.2. The molecule has 2 aliphatic rings. The van der Waals surface area contributed by atoms with Gasteiger partial charge in [0.1, 0.15) is 0 Å². The Bertz CT molecular complexity index is 2400. The maximum atomic E-state index is 11.3. The Morgan fingerprint density at radius 1 is 0.547 bits per heavy atom. The average Bonchev–Trinajstić information content (AvgIpc) is 3.17. The number of nitrogens with zero attached hydrogens (tertiary/aromatic N) is 1. The quantitative estimate of drug-likeness (QED) is 0.167. The molecule has 0 fully saturated rings. The Morgan fingerprint density at radius 2 is 1.11 bits per heavy atom. The lowest BCUT2D eigenvalue weighted by atomic mass is 9.74. The highest BCUT2D eigenvalue weighted by molar-refractivity contribution is 5.99. The second-order valence-corrected chi connectivity index (χ2v) is 15.2. The van der Waals surface area contributed by atoms with Gasteiger partial charge in [-0.25, -0.2) is 0 Å². The first kappa shape index (κ1) is 34.4. The van der Waals surface area contributed by atoms with Crippen LogP contribution < -0.4 is 4.90 Å². The Morgan fingerprint density at radius 3 is 1.74 bits per heavy atom. The van der Waals surface area contributed by atoms with Crippen molar-refractivity contribution in [2.45, 2.75) is 45.3 Å². The third-order valence-corrected chi connectivity index (χ3v) is 10.6. The standard InChI is InChI=1S/C50H45NO2/c1-49(2,52)45-32-24-36-14-8-10-16-43(36)47(45)38-20-28-41(29-21-38)51(40-26-18-35(19-27-40)34-12-6-5-7-13-34)42-30-22-39(23-31-42)48-44-17-11-9-15-37(44)25-33-46(48)50(3,4)53/h5-24,26-33,37,52-53H,25H2,1-4H3. The van der Waals surface area contributed by atoms with E-state index in [0.29, 0.717) is 5.92 Å². The molecule has 1 atom stereocenters. The first-order valence-electron chi connectivity index (χ1n) is 18.5. The minimum Gasteiger partial charge on any atom is -0.386 e. The second-order valence-electron chi connectivity index (χ2n) is 15.2. The molecule has 0 saturated heterocycles. The molecular formula is C50H45NO2. The van der Waals surface area contributed by atoms with E-state index in [1.807, 2.05) is 33.8 Å². The van der Waals surface area contributed by atoms with Crippen LogP contribution in [0.15, 0.2) is 181 Å². The predicted molar refractivity (Wildman–Crippen MR) is 222 cm³/mol. The zero-order valence-electron chi connectivity index (χ0n) is 30.8. The zero-order valence-corrected chi connectivity index (χ0v) is 30.8. The molecule has 0 amide bonds. The van der Waals surface area contributed by atoms with Crippen molar-refractivity contribution < 1.29 is 10.2 Å². The summed E-state index contributed by atoms with van der Waals surface area (Å²) in [6.45, 7) is 7.46. The largest absolute Gasteiger partial charge is 0.386 e. The van der Waals surface area contributed by atoms with Gasteiger partial charge in [0.15, 0.2) is 0 Å². The van der Waals surface area contributed by atoms with Crippen LogP contribution in [0.3, 0.4) is 0 Å². The summed E-state index contributed by atoms with van der Waals surface area (Å²) >= 11 is 0. The molecule has 6 aromatic carbocycles. The van der Waals surface area contributed by atoms with Crippen LogP contribution in [-0.2, 0) is 5.60 Å². The van der Waals surface area contributed by atoms with Crippen LogP contribution in [0.1, 0.15) is 45.2 Å². The zero-order chi connectivity index (χ0) is 36.7. The number of hydrogen-bond acceptors (Lipinski definition) is 3. The highest BCUT2D eigenvalue weighted by Gasteiger charge is 2.31. The van der Waals surface area contributed by atoms with E-state index in [2.05, 4.69) is 169 Å². The predicted octanol–water partition coefficient (Wildman–Crippen LogP) is 12.5. The second kappa shape index (κ2) is 13.7. The number of hydrogen-bond donors (Lipinski definition) is 2. The first-order chi connectivity index (χ1) is 25.6. The number of anilines is 3. The number of fused-ring (bicyclic) bond motifs is 2. The molecular weight excluding hydrogens is 647 g/mol. The van der Waals surface area contributed by atoms with Gasteiger partial charge in [-0.3, -0.25) is 0 Å². The van der Waals surface area contributed by atoms with Gasteiger partial charge >= 0.3 is 0 Å². The van der Waals surface area contributed by atoms with Gasteiger partial charge < -0.3 is 15.1 Å². The van der Waals surface area contributed by atoms with Gasteiger partial charge in [-0.05, 0) is 131 Å². The molecule has 0 aliphatic heterocycles. The van der Waals surface area contributed by atoms with Gasteiger partial charge in [0.2, 0.25) is 0 Å². The highest BCUT2D eigenvalue weighted by Crippen LogP contribution is 2.45. The van der Waals surface area contributed by atoms with Crippen LogP contribution in [0.4, 0.5) is 17.1 Å². The van der Waals surface area contributed by atoms with Crippen LogP contribution in [-0.4, -0.2) is 15.8 Å². The number of rotatable bonds is 8. The molecule has 3 nitrogen and oxygen atoms in total. The molecule has 0 radical (unpaired) electrons. The molecule has 262 valence electrons. The number of allylic oxidation sites excluding steroid dienone is 6. The third kappa shape index (κ3) is 6.70. The van der Waals surface area contributed by atoms with Crippen molar-refractivity contribution in [2.75, 3.05) is 4.90 Å². The summed E-state index contributed by atoms with van der Waals surface area (Å²) in [5.74, 6) is 0.303. The van der Waals surface area contributed by atoms with Crippen molar-refractivity contribution in [3.05, 3.63) is 192 Å². The Labute approximate surface area is 313 Å². The van der Waals surface area contributed by atoms with Crippen LogP contribution >= 0.6 is 0 Å². The Hall–Kier alpha value is -5.74. The summed E-state index contributed by atoms with van der Waals surface area (Å²) in [6.07, 6.45) is 11.8. The summed E-state index contributed by atoms with van der Waals surface area (Å²) < 4.78 is 0. The maximum absolute atomic E-state index is 11.3. The molecule has 0 saturated carbocycles.